The molecule has 108 valence electrons. The average molecular weight is 294 g/mol. The minimum atomic E-state index is 0.724. The Morgan fingerprint density at radius 3 is 2.85 bits per heavy atom. The van der Waals surface area contributed by atoms with E-state index in [-0.39, 0.29) is 0 Å². The normalized spacial score (nSPS) is 10.8. The van der Waals surface area contributed by atoms with Crippen LogP contribution in [0.4, 0.5) is 5.95 Å². The zero-order chi connectivity index (χ0) is 14.5. The fraction of sp³-hybridized carbons (Fsp3) is 0.400. The third kappa shape index (κ3) is 3.52. The number of aromatic nitrogens is 2. The summed E-state index contributed by atoms with van der Waals surface area (Å²) in [6.07, 6.45) is 2.92. The first-order valence-electron chi connectivity index (χ1n) is 6.67. The lowest BCUT2D eigenvalue weighted by Gasteiger charge is -2.11. The molecule has 2 rings (SSSR count). The van der Waals surface area contributed by atoms with Crippen LogP contribution in [0.3, 0.4) is 0 Å². The number of anilines is 1. The molecule has 0 radical (unpaired) electrons. The Bertz CT molecular complexity index is 580. The van der Waals surface area contributed by atoms with Crippen molar-refractivity contribution >= 4 is 17.5 Å². The molecule has 0 spiro atoms. The van der Waals surface area contributed by atoms with Gasteiger partial charge in [0.15, 0.2) is 0 Å². The number of ether oxygens (including phenoxy) is 1. The van der Waals surface area contributed by atoms with E-state index in [1.807, 2.05) is 42.8 Å². The third-order valence-corrected chi connectivity index (χ3v) is 3.30. The molecule has 2 aromatic rings. The molecule has 4 nitrogen and oxygen atoms in total. The number of halogens is 1. The number of methoxy groups -OCH3 is 1. The van der Waals surface area contributed by atoms with Gasteiger partial charge < -0.3 is 10.1 Å². The van der Waals surface area contributed by atoms with Crippen LogP contribution in [0.15, 0.2) is 24.4 Å². The molecule has 1 aromatic heterocycles. The van der Waals surface area contributed by atoms with E-state index in [9.17, 15) is 0 Å². The van der Waals surface area contributed by atoms with Crippen LogP contribution in [-0.4, -0.2) is 29.8 Å². The average Bonchev–Trinajstić information content (AvgIpc) is 2.76. The van der Waals surface area contributed by atoms with Crippen LogP contribution in [0.5, 0.6) is 0 Å². The maximum absolute atomic E-state index is 6.33. The van der Waals surface area contributed by atoms with Crippen molar-refractivity contribution in [2.45, 2.75) is 20.3 Å². The summed E-state index contributed by atoms with van der Waals surface area (Å²) in [6.45, 7) is 5.55. The third-order valence-electron chi connectivity index (χ3n) is 3.00. The summed E-state index contributed by atoms with van der Waals surface area (Å²) in [5.41, 5.74) is 3.04. The molecular formula is C15H20ClN3O. The second kappa shape index (κ2) is 6.77. The summed E-state index contributed by atoms with van der Waals surface area (Å²) in [7, 11) is 1.71. The molecule has 1 N–H and O–H groups in total. The number of aryl methyl sites for hydroxylation is 2. The Hall–Kier alpha value is -1.52. The monoisotopic (exact) mass is 293 g/mol. The molecule has 1 heterocycles. The second-order valence-corrected chi connectivity index (χ2v) is 5.21. The minimum Gasteiger partial charge on any atom is -0.385 e. The number of benzene rings is 1. The Balaban J connectivity index is 2.22. The molecule has 0 atom stereocenters. The smallest absolute Gasteiger partial charge is 0.207 e. The van der Waals surface area contributed by atoms with E-state index < -0.39 is 0 Å². The molecule has 0 unspecified atom stereocenters. The van der Waals surface area contributed by atoms with Gasteiger partial charge in [0.05, 0.1) is 16.4 Å². The van der Waals surface area contributed by atoms with E-state index in [2.05, 4.69) is 10.3 Å². The van der Waals surface area contributed by atoms with Crippen LogP contribution in [0.1, 0.15) is 17.7 Å². The van der Waals surface area contributed by atoms with Gasteiger partial charge in [-0.15, -0.1) is 0 Å². The van der Waals surface area contributed by atoms with E-state index >= 15 is 0 Å². The van der Waals surface area contributed by atoms with Crippen LogP contribution in [-0.2, 0) is 4.74 Å². The molecule has 0 aliphatic heterocycles. The number of nitrogens with zero attached hydrogens (tertiary/aromatic N) is 2. The van der Waals surface area contributed by atoms with Gasteiger partial charge in [0, 0.05) is 26.5 Å². The molecule has 0 saturated heterocycles. The standard InChI is InChI=1S/C15H20ClN3O/c1-11-5-6-14(13(16)9-11)19-10-12(2)18-15(19)17-7-4-8-20-3/h5-6,9-10H,4,7-8H2,1-3H3,(H,17,18). The quantitative estimate of drug-likeness (QED) is 0.827. The molecule has 0 aliphatic rings. The topological polar surface area (TPSA) is 39.1 Å². The van der Waals surface area contributed by atoms with E-state index in [1.165, 1.54) is 0 Å². The van der Waals surface area contributed by atoms with Gasteiger partial charge in [0.25, 0.3) is 0 Å². The molecular weight excluding hydrogens is 274 g/mol. The second-order valence-electron chi connectivity index (χ2n) is 4.80. The summed E-state index contributed by atoms with van der Waals surface area (Å²) < 4.78 is 7.03. The van der Waals surface area contributed by atoms with Gasteiger partial charge in [-0.25, -0.2) is 4.98 Å². The Kier molecular flexibility index (Phi) is 5.04. The van der Waals surface area contributed by atoms with E-state index in [4.69, 9.17) is 16.3 Å². The first-order chi connectivity index (χ1) is 9.61. The number of hydrogen-bond acceptors (Lipinski definition) is 3. The van der Waals surface area contributed by atoms with Crippen LogP contribution in [0.2, 0.25) is 5.02 Å². The first-order valence-corrected chi connectivity index (χ1v) is 7.05. The molecule has 1 aromatic carbocycles. The Morgan fingerprint density at radius 1 is 1.35 bits per heavy atom. The molecule has 5 heteroatoms. The van der Waals surface area contributed by atoms with Crippen LogP contribution >= 0.6 is 11.6 Å². The highest BCUT2D eigenvalue weighted by molar-refractivity contribution is 6.32. The van der Waals surface area contributed by atoms with Crippen molar-refractivity contribution < 1.29 is 4.74 Å². The highest BCUT2D eigenvalue weighted by Gasteiger charge is 2.10. The van der Waals surface area contributed by atoms with Crippen LogP contribution < -0.4 is 5.32 Å². The molecule has 0 aliphatic carbocycles. The predicted octanol–water partition coefficient (Wildman–Crippen LogP) is 3.59. The molecule has 0 fully saturated rings. The summed E-state index contributed by atoms with van der Waals surface area (Å²) in [6, 6.07) is 6.02. The number of nitrogens with one attached hydrogen (secondary N) is 1. The number of hydrogen-bond donors (Lipinski definition) is 1. The fourth-order valence-corrected chi connectivity index (χ4v) is 2.36. The van der Waals surface area contributed by atoms with Crippen molar-refractivity contribution in [3.63, 3.8) is 0 Å². The summed E-state index contributed by atoms with van der Waals surface area (Å²) in [5, 5.41) is 4.05. The number of imidazole rings is 1. The lowest BCUT2D eigenvalue weighted by atomic mass is 10.2. The van der Waals surface area contributed by atoms with Gasteiger partial charge in [-0.1, -0.05) is 17.7 Å². The zero-order valence-electron chi connectivity index (χ0n) is 12.1. The fourth-order valence-electron chi connectivity index (χ4n) is 2.03. The highest BCUT2D eigenvalue weighted by atomic mass is 35.5. The lowest BCUT2D eigenvalue weighted by molar-refractivity contribution is 0.197. The van der Waals surface area contributed by atoms with Gasteiger partial charge >= 0.3 is 0 Å². The molecule has 0 amide bonds. The van der Waals surface area contributed by atoms with Gasteiger partial charge in [0.1, 0.15) is 0 Å². The van der Waals surface area contributed by atoms with E-state index in [1.54, 1.807) is 7.11 Å². The van der Waals surface area contributed by atoms with Crippen LogP contribution in [0, 0.1) is 13.8 Å². The van der Waals surface area contributed by atoms with E-state index in [0.717, 1.165) is 47.5 Å². The van der Waals surface area contributed by atoms with Gasteiger partial charge in [-0.3, -0.25) is 4.57 Å². The van der Waals surface area contributed by atoms with Crippen LogP contribution in [0.25, 0.3) is 5.69 Å². The number of rotatable bonds is 6. The van der Waals surface area contributed by atoms with Gasteiger partial charge in [-0.05, 0) is 38.0 Å². The lowest BCUT2D eigenvalue weighted by Crippen LogP contribution is -2.09. The van der Waals surface area contributed by atoms with Crippen molar-refractivity contribution in [2.75, 3.05) is 25.6 Å². The van der Waals surface area contributed by atoms with E-state index in [0.29, 0.717) is 0 Å². The maximum Gasteiger partial charge on any atom is 0.207 e. The van der Waals surface area contributed by atoms with Crippen molar-refractivity contribution in [2.24, 2.45) is 0 Å². The Labute approximate surface area is 124 Å². The maximum atomic E-state index is 6.33. The molecule has 0 bridgehead atoms. The van der Waals surface area contributed by atoms with Crippen molar-refractivity contribution in [1.29, 1.82) is 0 Å². The van der Waals surface area contributed by atoms with Crippen molar-refractivity contribution in [1.82, 2.24) is 9.55 Å². The largest absolute Gasteiger partial charge is 0.385 e. The predicted molar refractivity (Wildman–Crippen MR) is 83.0 cm³/mol. The zero-order valence-corrected chi connectivity index (χ0v) is 12.9. The summed E-state index contributed by atoms with van der Waals surface area (Å²) >= 11 is 6.33. The van der Waals surface area contributed by atoms with Gasteiger partial charge in [-0.2, -0.15) is 0 Å². The highest BCUT2D eigenvalue weighted by Crippen LogP contribution is 2.25. The minimum absolute atomic E-state index is 0.724. The summed E-state index contributed by atoms with van der Waals surface area (Å²) in [5.74, 6) is 0.810. The molecule has 0 saturated carbocycles. The van der Waals surface area contributed by atoms with Crippen molar-refractivity contribution in [3.05, 3.63) is 40.7 Å². The Morgan fingerprint density at radius 2 is 2.15 bits per heavy atom. The molecule has 20 heavy (non-hydrogen) atoms. The van der Waals surface area contributed by atoms with Crippen molar-refractivity contribution in [3.8, 4) is 5.69 Å². The first kappa shape index (κ1) is 14.9. The summed E-state index contributed by atoms with van der Waals surface area (Å²) in [4.78, 5) is 4.50. The SMILES string of the molecule is COCCCNc1nc(C)cn1-c1ccc(C)cc1Cl. The van der Waals surface area contributed by atoms with Gasteiger partial charge in [0.2, 0.25) is 5.95 Å².